The fourth-order valence-corrected chi connectivity index (χ4v) is 2.86. The summed E-state index contributed by atoms with van der Waals surface area (Å²) in [6.07, 6.45) is 0.683. The van der Waals surface area contributed by atoms with E-state index in [-0.39, 0.29) is 24.0 Å². The summed E-state index contributed by atoms with van der Waals surface area (Å²) in [7, 11) is 0. The fourth-order valence-electron chi connectivity index (χ4n) is 2.86. The zero-order valence-electron chi connectivity index (χ0n) is 13.7. The highest BCUT2D eigenvalue weighted by Crippen LogP contribution is 2.19. The number of hydrogen-bond donors (Lipinski definition) is 2. The lowest BCUT2D eigenvalue weighted by molar-refractivity contribution is 0.0872. The van der Waals surface area contributed by atoms with Gasteiger partial charge in [-0.15, -0.1) is 0 Å². The van der Waals surface area contributed by atoms with Gasteiger partial charge in [0.1, 0.15) is 5.82 Å². The fraction of sp³-hybridized carbons (Fsp3) is 0.588. The molecule has 1 saturated heterocycles. The van der Waals surface area contributed by atoms with E-state index in [4.69, 9.17) is 4.74 Å². The molecule has 1 aliphatic heterocycles. The number of nitrogens with zero attached hydrogens (tertiary/aromatic N) is 1. The Bertz CT molecular complexity index is 501. The van der Waals surface area contributed by atoms with Crippen molar-refractivity contribution in [1.29, 1.82) is 0 Å². The molecular weight excluding hydrogens is 299 g/mol. The Balaban J connectivity index is 1.81. The summed E-state index contributed by atoms with van der Waals surface area (Å²) < 4.78 is 17.9. The third kappa shape index (κ3) is 4.91. The Morgan fingerprint density at radius 2 is 2.00 bits per heavy atom. The van der Waals surface area contributed by atoms with Crippen molar-refractivity contribution in [3.8, 4) is 0 Å². The number of carbonyl (C=O) groups excluding carboxylic acids is 1. The van der Waals surface area contributed by atoms with Gasteiger partial charge in [0.15, 0.2) is 0 Å². The molecule has 5 nitrogen and oxygen atoms in total. The van der Waals surface area contributed by atoms with Gasteiger partial charge in [-0.3, -0.25) is 0 Å². The van der Waals surface area contributed by atoms with E-state index >= 15 is 0 Å². The first-order valence-corrected chi connectivity index (χ1v) is 8.12. The Morgan fingerprint density at radius 3 is 2.57 bits per heavy atom. The van der Waals surface area contributed by atoms with E-state index in [1.54, 1.807) is 24.0 Å². The van der Waals surface area contributed by atoms with E-state index in [0.29, 0.717) is 25.3 Å². The van der Waals surface area contributed by atoms with Crippen LogP contribution in [0.25, 0.3) is 0 Å². The van der Waals surface area contributed by atoms with Crippen molar-refractivity contribution in [3.05, 3.63) is 35.6 Å². The van der Waals surface area contributed by atoms with Gasteiger partial charge in [0, 0.05) is 25.2 Å². The van der Waals surface area contributed by atoms with Crippen LogP contribution in [0.3, 0.4) is 0 Å². The lowest BCUT2D eigenvalue weighted by Gasteiger charge is -2.34. The van der Waals surface area contributed by atoms with Crippen molar-refractivity contribution in [2.45, 2.75) is 44.9 Å². The molecule has 1 fully saturated rings. The third-order valence-electron chi connectivity index (χ3n) is 4.20. The molecular formula is C17H25FN2O3. The number of carbonyl (C=O) groups is 1. The van der Waals surface area contributed by atoms with Crippen LogP contribution in [0.4, 0.5) is 9.18 Å². The highest BCUT2D eigenvalue weighted by molar-refractivity contribution is 5.67. The molecule has 128 valence electrons. The number of benzene rings is 1. The van der Waals surface area contributed by atoms with Gasteiger partial charge < -0.3 is 20.1 Å². The average Bonchev–Trinajstić information content (AvgIpc) is 2.55. The molecule has 1 aromatic rings. The molecule has 0 aromatic heterocycles. The number of aliphatic hydroxyl groups is 1. The summed E-state index contributed by atoms with van der Waals surface area (Å²) >= 11 is 0. The first-order valence-electron chi connectivity index (χ1n) is 8.12. The molecule has 1 heterocycles. The molecule has 6 heteroatoms. The summed E-state index contributed by atoms with van der Waals surface area (Å²) in [6, 6.07) is 5.99. The molecule has 0 bridgehead atoms. The van der Waals surface area contributed by atoms with E-state index in [0.717, 1.165) is 12.8 Å². The maximum atomic E-state index is 12.9. The van der Waals surface area contributed by atoms with Crippen molar-refractivity contribution in [1.82, 2.24) is 10.2 Å². The second-order valence-corrected chi connectivity index (χ2v) is 5.91. The van der Waals surface area contributed by atoms with Crippen LogP contribution in [-0.4, -0.2) is 47.9 Å². The summed E-state index contributed by atoms with van der Waals surface area (Å²) in [6.45, 7) is 5.39. The molecule has 2 unspecified atom stereocenters. The van der Waals surface area contributed by atoms with Gasteiger partial charge in [-0.05, 0) is 44.4 Å². The smallest absolute Gasteiger partial charge is 0.409 e. The molecule has 1 aromatic carbocycles. The number of rotatable bonds is 5. The third-order valence-corrected chi connectivity index (χ3v) is 4.20. The summed E-state index contributed by atoms with van der Waals surface area (Å²) in [4.78, 5) is 13.4. The van der Waals surface area contributed by atoms with Gasteiger partial charge in [0.05, 0.1) is 12.7 Å². The van der Waals surface area contributed by atoms with Crippen molar-refractivity contribution < 1.29 is 19.0 Å². The van der Waals surface area contributed by atoms with Gasteiger partial charge >= 0.3 is 6.09 Å². The van der Waals surface area contributed by atoms with Crippen LogP contribution < -0.4 is 5.32 Å². The van der Waals surface area contributed by atoms with Crippen LogP contribution in [-0.2, 0) is 4.74 Å². The maximum absolute atomic E-state index is 12.9. The highest BCUT2D eigenvalue weighted by Gasteiger charge is 2.26. The van der Waals surface area contributed by atoms with Crippen LogP contribution in [0.5, 0.6) is 0 Å². The highest BCUT2D eigenvalue weighted by atomic mass is 19.1. The normalized spacial score (nSPS) is 18.5. The minimum atomic E-state index is -0.696. The predicted molar refractivity (Wildman–Crippen MR) is 85.6 cm³/mol. The largest absolute Gasteiger partial charge is 0.450 e. The summed E-state index contributed by atoms with van der Waals surface area (Å²) in [5.74, 6) is -0.312. The standard InChI is InChI=1S/C17H25FN2O3/c1-3-23-17(22)20-10-8-15(9-11-20)19-12(2)16(21)13-4-6-14(18)7-5-13/h4-7,12,15-16,19,21H,3,8-11H2,1-2H3. The molecule has 2 N–H and O–H groups in total. The molecule has 0 radical (unpaired) electrons. The molecule has 0 spiro atoms. The van der Waals surface area contributed by atoms with Crippen molar-refractivity contribution in [2.75, 3.05) is 19.7 Å². The Hall–Kier alpha value is -1.66. The molecule has 1 aliphatic rings. The number of nitrogens with one attached hydrogen (secondary N) is 1. The number of likely N-dealkylation sites (tertiary alicyclic amines) is 1. The quantitative estimate of drug-likeness (QED) is 0.873. The van der Waals surface area contributed by atoms with Gasteiger partial charge in [-0.2, -0.15) is 0 Å². The number of amides is 1. The van der Waals surface area contributed by atoms with Crippen LogP contribution in [0, 0.1) is 5.82 Å². The SMILES string of the molecule is CCOC(=O)N1CCC(NC(C)C(O)c2ccc(F)cc2)CC1. The maximum Gasteiger partial charge on any atom is 0.409 e. The number of piperidine rings is 1. The van der Waals surface area contributed by atoms with Crippen molar-refractivity contribution in [3.63, 3.8) is 0 Å². The molecule has 2 rings (SSSR count). The zero-order chi connectivity index (χ0) is 16.8. The van der Waals surface area contributed by atoms with Gasteiger partial charge in [0.25, 0.3) is 0 Å². The lowest BCUT2D eigenvalue weighted by atomic mass is 9.99. The predicted octanol–water partition coefficient (Wildman–Crippen LogP) is 2.46. The second-order valence-electron chi connectivity index (χ2n) is 5.91. The van der Waals surface area contributed by atoms with Gasteiger partial charge in [-0.25, -0.2) is 9.18 Å². The van der Waals surface area contributed by atoms with E-state index < -0.39 is 6.10 Å². The number of hydrogen-bond acceptors (Lipinski definition) is 4. The van der Waals surface area contributed by atoms with Crippen LogP contribution in [0.2, 0.25) is 0 Å². The number of halogens is 1. The molecule has 2 atom stereocenters. The molecule has 0 aliphatic carbocycles. The summed E-state index contributed by atoms with van der Waals surface area (Å²) in [5.41, 5.74) is 0.690. The van der Waals surface area contributed by atoms with Crippen molar-refractivity contribution >= 4 is 6.09 Å². The number of ether oxygens (including phenoxy) is 1. The number of aliphatic hydroxyl groups excluding tert-OH is 1. The molecule has 1 amide bonds. The second kappa shape index (κ2) is 8.26. The Labute approximate surface area is 136 Å². The molecule has 23 heavy (non-hydrogen) atoms. The Kier molecular flexibility index (Phi) is 6.36. The Morgan fingerprint density at radius 1 is 1.39 bits per heavy atom. The zero-order valence-corrected chi connectivity index (χ0v) is 13.7. The first kappa shape index (κ1) is 17.7. The van der Waals surface area contributed by atoms with Crippen LogP contribution in [0.1, 0.15) is 38.4 Å². The minimum Gasteiger partial charge on any atom is -0.450 e. The minimum absolute atomic E-state index is 0.153. The average molecular weight is 324 g/mol. The molecule has 0 saturated carbocycles. The van der Waals surface area contributed by atoms with Crippen LogP contribution >= 0.6 is 0 Å². The van der Waals surface area contributed by atoms with Gasteiger partial charge in [0.2, 0.25) is 0 Å². The summed E-state index contributed by atoms with van der Waals surface area (Å²) in [5, 5.41) is 13.8. The van der Waals surface area contributed by atoms with E-state index in [9.17, 15) is 14.3 Å². The van der Waals surface area contributed by atoms with E-state index in [2.05, 4.69) is 5.32 Å². The van der Waals surface area contributed by atoms with Crippen molar-refractivity contribution in [2.24, 2.45) is 0 Å². The van der Waals surface area contributed by atoms with E-state index in [1.807, 2.05) is 6.92 Å². The monoisotopic (exact) mass is 324 g/mol. The van der Waals surface area contributed by atoms with Gasteiger partial charge in [-0.1, -0.05) is 12.1 Å². The topological polar surface area (TPSA) is 61.8 Å². The van der Waals surface area contributed by atoms with E-state index in [1.165, 1.54) is 12.1 Å². The lowest BCUT2D eigenvalue weighted by Crippen LogP contribution is -2.48. The first-order chi connectivity index (χ1) is 11.0. The van der Waals surface area contributed by atoms with Crippen LogP contribution in [0.15, 0.2) is 24.3 Å².